The van der Waals surface area contributed by atoms with Crippen LogP contribution in [-0.4, -0.2) is 71.8 Å². The molecule has 0 aliphatic carbocycles. The molecule has 2 aromatic carbocycles. The maximum Gasteiger partial charge on any atom is 0.243 e. The fourth-order valence-corrected chi connectivity index (χ4v) is 4.15. The van der Waals surface area contributed by atoms with Crippen LogP contribution >= 0.6 is 0 Å². The molecule has 4 bridgehead atoms. The van der Waals surface area contributed by atoms with Crippen LogP contribution in [-0.2, 0) is 27.2 Å². The van der Waals surface area contributed by atoms with Crippen LogP contribution in [0.3, 0.4) is 0 Å². The highest BCUT2D eigenvalue weighted by molar-refractivity contribution is 5.93. The lowest BCUT2D eigenvalue weighted by Gasteiger charge is -2.24. The van der Waals surface area contributed by atoms with Crippen LogP contribution in [0, 0.1) is 0 Å². The van der Waals surface area contributed by atoms with Crippen molar-refractivity contribution in [3.63, 3.8) is 0 Å². The Labute approximate surface area is 215 Å². The normalized spacial score (nSPS) is 21.1. The number of fused-ring (bicyclic) bond motifs is 5. The summed E-state index contributed by atoms with van der Waals surface area (Å²) in [4.78, 5) is 39.2. The van der Waals surface area contributed by atoms with Gasteiger partial charge in [0.15, 0.2) is 0 Å². The molecule has 11 heteroatoms. The summed E-state index contributed by atoms with van der Waals surface area (Å²) in [6.45, 7) is 0.210. The maximum absolute atomic E-state index is 13.3. The third kappa shape index (κ3) is 7.73. The van der Waals surface area contributed by atoms with Gasteiger partial charge >= 0.3 is 0 Å². The molecule has 200 valence electrons. The molecule has 1 unspecified atom stereocenters. The molecule has 1 aliphatic heterocycles. The van der Waals surface area contributed by atoms with Gasteiger partial charge in [0, 0.05) is 25.9 Å². The third-order valence-electron chi connectivity index (χ3n) is 6.30. The minimum atomic E-state index is -1.03. The second-order valence-corrected chi connectivity index (χ2v) is 9.25. The van der Waals surface area contributed by atoms with Crippen LogP contribution in [0.2, 0.25) is 0 Å². The monoisotopic (exact) mass is 512 g/mol. The van der Waals surface area contributed by atoms with Crippen LogP contribution in [0.4, 0.5) is 0 Å². The molecule has 3 rings (SSSR count). The molecule has 0 fully saturated rings. The van der Waals surface area contributed by atoms with E-state index in [-0.39, 0.29) is 38.1 Å². The van der Waals surface area contributed by atoms with E-state index in [4.69, 9.17) is 17.2 Å². The Balaban J connectivity index is 2.01. The van der Waals surface area contributed by atoms with Gasteiger partial charge in [-0.25, -0.2) is 0 Å². The highest BCUT2D eigenvalue weighted by Gasteiger charge is 2.29. The summed E-state index contributed by atoms with van der Waals surface area (Å²) in [5.41, 5.74) is 20.1. The number of aromatic hydroxyl groups is 1. The van der Waals surface area contributed by atoms with Crippen molar-refractivity contribution in [3.8, 4) is 16.9 Å². The van der Waals surface area contributed by atoms with E-state index in [1.54, 1.807) is 18.2 Å². The first kappa shape index (κ1) is 28.1. The molecular formula is C26H36N6O5. The van der Waals surface area contributed by atoms with Gasteiger partial charge in [-0.1, -0.05) is 30.3 Å². The molecule has 0 saturated heterocycles. The number of benzene rings is 2. The lowest BCUT2D eigenvalue weighted by molar-refractivity contribution is -0.132. The first-order valence-corrected chi connectivity index (χ1v) is 12.3. The number of nitrogens with two attached hydrogens (primary N) is 3. The second-order valence-electron chi connectivity index (χ2n) is 9.25. The van der Waals surface area contributed by atoms with Crippen molar-refractivity contribution in [3.05, 3.63) is 53.6 Å². The first-order chi connectivity index (χ1) is 17.7. The molecule has 1 aliphatic rings. The van der Waals surface area contributed by atoms with Crippen LogP contribution < -0.4 is 33.2 Å². The zero-order valence-corrected chi connectivity index (χ0v) is 20.7. The summed E-state index contributed by atoms with van der Waals surface area (Å²) in [6, 6.07) is 9.56. The lowest BCUT2D eigenvalue weighted by Crippen LogP contribution is -2.57. The smallest absolute Gasteiger partial charge is 0.243 e. The molecule has 11 N–H and O–H groups in total. The van der Waals surface area contributed by atoms with Gasteiger partial charge in [0.25, 0.3) is 0 Å². The zero-order valence-electron chi connectivity index (χ0n) is 20.7. The number of rotatable bonds is 7. The molecule has 0 radical (unpaired) electrons. The van der Waals surface area contributed by atoms with Gasteiger partial charge in [-0.05, 0) is 53.8 Å². The number of nitrogens with one attached hydrogen (secondary N) is 3. The molecule has 0 saturated carbocycles. The Hall–Kier alpha value is -3.51. The van der Waals surface area contributed by atoms with E-state index in [2.05, 4.69) is 16.0 Å². The summed E-state index contributed by atoms with van der Waals surface area (Å²) >= 11 is 0. The van der Waals surface area contributed by atoms with Gasteiger partial charge < -0.3 is 43.4 Å². The van der Waals surface area contributed by atoms with E-state index in [1.807, 2.05) is 24.3 Å². The highest BCUT2D eigenvalue weighted by atomic mass is 16.3. The fraction of sp³-hybridized carbons (Fsp3) is 0.423. The molecule has 0 aromatic heterocycles. The van der Waals surface area contributed by atoms with Crippen molar-refractivity contribution in [2.24, 2.45) is 17.2 Å². The minimum Gasteiger partial charge on any atom is -0.508 e. The van der Waals surface area contributed by atoms with Gasteiger partial charge in [0.1, 0.15) is 17.8 Å². The van der Waals surface area contributed by atoms with E-state index < -0.39 is 42.0 Å². The van der Waals surface area contributed by atoms with Gasteiger partial charge in [-0.2, -0.15) is 0 Å². The van der Waals surface area contributed by atoms with Crippen molar-refractivity contribution in [2.75, 3.05) is 19.6 Å². The molecule has 0 spiro atoms. The summed E-state index contributed by atoms with van der Waals surface area (Å²) in [6.07, 6.45) is -0.00110. The van der Waals surface area contributed by atoms with Gasteiger partial charge in [-0.15, -0.1) is 0 Å². The standard InChI is InChI=1S/C26H36N6O5/c27-8-2-5-21-26(37)32-22(25(36)30-14-19(33)13-28)10-15-3-1-4-16(9-15)17-6-7-23(34)18(11-17)12-20(29)24(35)31-21/h1,3-4,6-7,9,11,19-22,33-34H,2,5,8,10,12-14,27-29H2,(H,30,36)(H,31,35)(H,32,37)/t19?,20-,21-,22-/m0/s1. The number of aliphatic hydroxyl groups excluding tert-OH is 1. The number of hydrogen-bond acceptors (Lipinski definition) is 8. The van der Waals surface area contributed by atoms with Crippen molar-refractivity contribution in [1.82, 2.24) is 16.0 Å². The number of carbonyl (C=O) groups is 3. The minimum absolute atomic E-state index is 0.0151. The van der Waals surface area contributed by atoms with Crippen LogP contribution in [0.15, 0.2) is 42.5 Å². The van der Waals surface area contributed by atoms with Crippen molar-refractivity contribution in [2.45, 2.75) is 49.9 Å². The molecule has 37 heavy (non-hydrogen) atoms. The summed E-state index contributed by atoms with van der Waals surface area (Å²) in [5.74, 6) is -1.60. The van der Waals surface area contributed by atoms with Crippen molar-refractivity contribution >= 4 is 17.7 Å². The topological polar surface area (TPSA) is 206 Å². The first-order valence-electron chi connectivity index (χ1n) is 12.3. The van der Waals surface area contributed by atoms with E-state index in [0.29, 0.717) is 18.5 Å². The van der Waals surface area contributed by atoms with E-state index in [0.717, 1.165) is 16.7 Å². The Morgan fingerprint density at radius 3 is 2.54 bits per heavy atom. The Bertz CT molecular complexity index is 1110. The number of carbonyl (C=O) groups excluding carboxylic acids is 3. The fourth-order valence-electron chi connectivity index (χ4n) is 4.15. The SMILES string of the molecule is NCCC[C@@H]1NC(=O)[C@@H](N)Cc2cc(ccc2O)-c2cccc(c2)C[C@@H](C(=O)NCC(O)CN)NC1=O. The number of amides is 3. The Morgan fingerprint density at radius 1 is 1.05 bits per heavy atom. The third-order valence-corrected chi connectivity index (χ3v) is 6.30. The number of phenols is 1. The summed E-state index contributed by atoms with van der Waals surface area (Å²) in [5, 5.41) is 28.2. The lowest BCUT2D eigenvalue weighted by atomic mass is 9.96. The van der Waals surface area contributed by atoms with E-state index in [1.165, 1.54) is 0 Å². The quantitative estimate of drug-likeness (QED) is 0.221. The average molecular weight is 513 g/mol. The number of hydrogen-bond donors (Lipinski definition) is 8. The molecule has 4 atom stereocenters. The number of phenolic OH excluding ortho intramolecular Hbond substituents is 1. The predicted octanol–water partition coefficient (Wildman–Crippen LogP) is -1.37. The van der Waals surface area contributed by atoms with Gasteiger partial charge in [-0.3, -0.25) is 14.4 Å². The van der Waals surface area contributed by atoms with Crippen molar-refractivity contribution < 1.29 is 24.6 Å². The van der Waals surface area contributed by atoms with Crippen LogP contribution in [0.5, 0.6) is 5.75 Å². The zero-order chi connectivity index (χ0) is 26.9. The van der Waals surface area contributed by atoms with Crippen LogP contribution in [0.1, 0.15) is 24.0 Å². The molecule has 3 amide bonds. The Kier molecular flexibility index (Phi) is 9.98. The summed E-state index contributed by atoms with van der Waals surface area (Å²) in [7, 11) is 0. The average Bonchev–Trinajstić information content (AvgIpc) is 2.89. The maximum atomic E-state index is 13.3. The Morgan fingerprint density at radius 2 is 1.81 bits per heavy atom. The predicted molar refractivity (Wildman–Crippen MR) is 139 cm³/mol. The highest BCUT2D eigenvalue weighted by Crippen LogP contribution is 2.28. The molecule has 2 aromatic rings. The van der Waals surface area contributed by atoms with E-state index >= 15 is 0 Å². The molecule has 1 heterocycles. The molecular weight excluding hydrogens is 476 g/mol. The second kappa shape index (κ2) is 13.2. The van der Waals surface area contributed by atoms with Crippen molar-refractivity contribution in [1.29, 1.82) is 0 Å². The van der Waals surface area contributed by atoms with Gasteiger partial charge in [0.2, 0.25) is 17.7 Å². The summed E-state index contributed by atoms with van der Waals surface area (Å²) < 4.78 is 0. The van der Waals surface area contributed by atoms with E-state index in [9.17, 15) is 24.6 Å². The number of aliphatic hydroxyl groups is 1. The largest absolute Gasteiger partial charge is 0.508 e. The molecule has 11 nitrogen and oxygen atoms in total. The van der Waals surface area contributed by atoms with Gasteiger partial charge in [0.05, 0.1) is 12.1 Å². The van der Waals surface area contributed by atoms with Crippen LogP contribution in [0.25, 0.3) is 11.1 Å².